The van der Waals surface area contributed by atoms with E-state index >= 15 is 0 Å². The summed E-state index contributed by atoms with van der Waals surface area (Å²) in [4.78, 5) is 16.1. The topological polar surface area (TPSA) is 43.8 Å². The van der Waals surface area contributed by atoms with Crippen LogP contribution in [-0.4, -0.2) is 48.0 Å². The maximum absolute atomic E-state index is 13.4. The van der Waals surface area contributed by atoms with Crippen LogP contribution >= 0.6 is 0 Å². The van der Waals surface area contributed by atoms with E-state index in [-0.39, 0.29) is 6.54 Å². The number of hydrogen-bond donors (Lipinski definition) is 1. The van der Waals surface area contributed by atoms with Crippen LogP contribution in [0.15, 0.2) is 48.5 Å². The lowest BCUT2D eigenvalue weighted by atomic mass is 10.1. The monoisotopic (exact) mass is 348 g/mol. The zero-order valence-electron chi connectivity index (χ0n) is 14.3. The van der Waals surface area contributed by atoms with E-state index in [0.29, 0.717) is 24.2 Å². The number of carbonyl (C=O) groups excluding carboxylic acids is 1. The van der Waals surface area contributed by atoms with Crippen LogP contribution in [0.3, 0.4) is 0 Å². The first-order chi connectivity index (χ1) is 11.9. The molecule has 0 spiro atoms. The van der Waals surface area contributed by atoms with Gasteiger partial charge in [0.2, 0.25) is 0 Å². The Balaban J connectivity index is 2.19. The number of nitrogens with zero attached hydrogens (tertiary/aromatic N) is 2. The van der Waals surface area contributed by atoms with E-state index in [1.807, 2.05) is 19.0 Å². The largest absolute Gasteiger partial charge is 0.378 e. The molecule has 1 amide bonds. The van der Waals surface area contributed by atoms with E-state index in [2.05, 4.69) is 0 Å². The third-order valence-electron chi connectivity index (χ3n) is 3.84. The number of likely N-dealkylation sites (N-methyl/N-ethyl adjacent to an activating group) is 1. The van der Waals surface area contributed by atoms with Crippen molar-refractivity contribution in [3.63, 3.8) is 0 Å². The molecule has 0 radical (unpaired) electrons. The Bertz CT molecular complexity index is 708. The van der Waals surface area contributed by atoms with Crippen molar-refractivity contribution < 1.29 is 18.7 Å². The highest BCUT2D eigenvalue weighted by Gasteiger charge is 2.24. The summed E-state index contributed by atoms with van der Waals surface area (Å²) in [5, 5.41) is 10.4. The molecule has 134 valence electrons. The van der Waals surface area contributed by atoms with Gasteiger partial charge >= 0.3 is 0 Å². The van der Waals surface area contributed by atoms with E-state index in [1.54, 1.807) is 30.3 Å². The first-order valence-electron chi connectivity index (χ1n) is 7.99. The summed E-state index contributed by atoms with van der Waals surface area (Å²) < 4.78 is 26.5. The van der Waals surface area contributed by atoms with E-state index < -0.39 is 23.6 Å². The molecular weight excluding hydrogens is 326 g/mol. The van der Waals surface area contributed by atoms with Crippen LogP contribution in [0, 0.1) is 11.6 Å². The summed E-state index contributed by atoms with van der Waals surface area (Å²) in [7, 11) is 3.74. The minimum Gasteiger partial charge on any atom is -0.378 e. The summed E-state index contributed by atoms with van der Waals surface area (Å²) in [5.74, 6) is -2.36. The minimum absolute atomic E-state index is 0.0910. The van der Waals surface area contributed by atoms with Gasteiger partial charge in [0.05, 0.1) is 0 Å². The highest BCUT2D eigenvalue weighted by Crippen LogP contribution is 2.18. The minimum atomic E-state index is -1.30. The lowest BCUT2D eigenvalue weighted by Gasteiger charge is -2.27. The SMILES string of the molecule is CN(C)CCN(Cc1ccc(F)c(F)c1)C(=O)C(O)c1ccccc1. The maximum Gasteiger partial charge on any atom is 0.256 e. The Kier molecular flexibility index (Phi) is 6.61. The molecule has 0 heterocycles. The van der Waals surface area contributed by atoms with Gasteiger partial charge in [0.25, 0.3) is 5.91 Å². The Hall–Kier alpha value is -2.31. The highest BCUT2D eigenvalue weighted by molar-refractivity contribution is 5.82. The van der Waals surface area contributed by atoms with Gasteiger partial charge in [-0.3, -0.25) is 4.79 Å². The van der Waals surface area contributed by atoms with Crippen molar-refractivity contribution in [1.82, 2.24) is 9.80 Å². The maximum atomic E-state index is 13.4. The van der Waals surface area contributed by atoms with Crippen molar-refractivity contribution in [2.24, 2.45) is 0 Å². The molecule has 2 aromatic carbocycles. The molecule has 2 aromatic rings. The number of rotatable bonds is 7. The molecule has 0 aliphatic rings. The van der Waals surface area contributed by atoms with E-state index in [0.717, 1.165) is 12.1 Å². The Labute approximate surface area is 146 Å². The summed E-state index contributed by atoms with van der Waals surface area (Å²) in [6.07, 6.45) is -1.30. The molecule has 0 aromatic heterocycles. The Morgan fingerprint density at radius 3 is 2.32 bits per heavy atom. The fourth-order valence-electron chi connectivity index (χ4n) is 2.40. The van der Waals surface area contributed by atoms with E-state index in [4.69, 9.17) is 0 Å². The van der Waals surface area contributed by atoms with Gasteiger partial charge in [0.15, 0.2) is 17.7 Å². The molecule has 0 saturated carbocycles. The standard InChI is InChI=1S/C19H22F2N2O2/c1-22(2)10-11-23(13-14-8-9-16(20)17(21)12-14)19(25)18(24)15-6-4-3-5-7-15/h3-9,12,18,24H,10-11,13H2,1-2H3. The van der Waals surface area contributed by atoms with E-state index in [9.17, 15) is 18.7 Å². The molecule has 0 aliphatic carbocycles. The molecule has 1 atom stereocenters. The number of amides is 1. The number of carbonyl (C=O) groups is 1. The van der Waals surface area contributed by atoms with E-state index in [1.165, 1.54) is 11.0 Å². The molecule has 6 heteroatoms. The van der Waals surface area contributed by atoms with Crippen LogP contribution in [0.4, 0.5) is 8.78 Å². The summed E-state index contributed by atoms with van der Waals surface area (Å²) in [6.45, 7) is 1.03. The van der Waals surface area contributed by atoms with Gasteiger partial charge in [-0.2, -0.15) is 0 Å². The molecule has 0 bridgehead atoms. The summed E-state index contributed by atoms with van der Waals surface area (Å²) >= 11 is 0. The van der Waals surface area contributed by atoms with Crippen molar-refractivity contribution >= 4 is 5.91 Å². The molecule has 0 aliphatic heterocycles. The van der Waals surface area contributed by atoms with Gasteiger partial charge in [-0.15, -0.1) is 0 Å². The van der Waals surface area contributed by atoms with Gasteiger partial charge in [-0.25, -0.2) is 8.78 Å². The third kappa shape index (κ3) is 5.34. The smallest absolute Gasteiger partial charge is 0.256 e. The molecule has 25 heavy (non-hydrogen) atoms. The summed E-state index contributed by atoms with van der Waals surface area (Å²) in [5.41, 5.74) is 0.957. The number of aliphatic hydroxyl groups excluding tert-OH is 1. The van der Waals surface area contributed by atoms with Gasteiger partial charge in [0, 0.05) is 19.6 Å². The fraction of sp³-hybridized carbons (Fsp3) is 0.316. The number of hydrogen-bond acceptors (Lipinski definition) is 3. The fourth-order valence-corrected chi connectivity index (χ4v) is 2.40. The molecular formula is C19H22F2N2O2. The zero-order valence-corrected chi connectivity index (χ0v) is 14.3. The number of aliphatic hydroxyl groups is 1. The lowest BCUT2D eigenvalue weighted by molar-refractivity contribution is -0.141. The first kappa shape index (κ1) is 19.0. The van der Waals surface area contributed by atoms with Crippen LogP contribution < -0.4 is 0 Å². The molecule has 4 nitrogen and oxygen atoms in total. The molecule has 0 saturated heterocycles. The Morgan fingerprint density at radius 2 is 1.72 bits per heavy atom. The summed E-state index contributed by atoms with van der Waals surface area (Å²) in [6, 6.07) is 12.2. The second-order valence-electron chi connectivity index (χ2n) is 6.12. The number of halogens is 2. The van der Waals surface area contributed by atoms with Crippen LogP contribution in [-0.2, 0) is 11.3 Å². The molecule has 1 unspecified atom stereocenters. The average Bonchev–Trinajstić information content (AvgIpc) is 2.61. The molecule has 2 rings (SSSR count). The van der Waals surface area contributed by atoms with Gasteiger partial charge in [-0.05, 0) is 37.4 Å². The normalized spacial score (nSPS) is 12.2. The lowest BCUT2D eigenvalue weighted by Crippen LogP contribution is -2.39. The molecule has 0 fully saturated rings. The predicted octanol–water partition coefficient (Wildman–Crippen LogP) is 2.59. The van der Waals surface area contributed by atoms with Crippen LogP contribution in [0.1, 0.15) is 17.2 Å². The quantitative estimate of drug-likeness (QED) is 0.836. The predicted molar refractivity (Wildman–Crippen MR) is 91.7 cm³/mol. The van der Waals surface area contributed by atoms with Crippen molar-refractivity contribution in [1.29, 1.82) is 0 Å². The third-order valence-corrected chi connectivity index (χ3v) is 3.84. The van der Waals surface area contributed by atoms with Crippen molar-refractivity contribution in [2.45, 2.75) is 12.6 Å². The zero-order chi connectivity index (χ0) is 18.4. The Morgan fingerprint density at radius 1 is 1.04 bits per heavy atom. The second-order valence-corrected chi connectivity index (χ2v) is 6.12. The van der Waals surface area contributed by atoms with Gasteiger partial charge < -0.3 is 14.9 Å². The van der Waals surface area contributed by atoms with Crippen LogP contribution in [0.5, 0.6) is 0 Å². The number of benzene rings is 2. The van der Waals surface area contributed by atoms with Crippen LogP contribution in [0.2, 0.25) is 0 Å². The highest BCUT2D eigenvalue weighted by atomic mass is 19.2. The van der Waals surface area contributed by atoms with Gasteiger partial charge in [0.1, 0.15) is 0 Å². The second kappa shape index (κ2) is 8.69. The van der Waals surface area contributed by atoms with Crippen molar-refractivity contribution in [3.05, 3.63) is 71.3 Å². The van der Waals surface area contributed by atoms with Crippen molar-refractivity contribution in [3.8, 4) is 0 Å². The van der Waals surface area contributed by atoms with Crippen molar-refractivity contribution in [2.75, 3.05) is 27.2 Å². The first-order valence-corrected chi connectivity index (χ1v) is 7.99. The average molecular weight is 348 g/mol. The molecule has 1 N–H and O–H groups in total. The van der Waals surface area contributed by atoms with Crippen LogP contribution in [0.25, 0.3) is 0 Å². The van der Waals surface area contributed by atoms with Gasteiger partial charge in [-0.1, -0.05) is 36.4 Å².